The molecule has 2 aliphatic heterocycles. The van der Waals surface area contributed by atoms with E-state index in [-0.39, 0.29) is 5.91 Å². The molecule has 3 heterocycles. The summed E-state index contributed by atoms with van der Waals surface area (Å²) in [6.07, 6.45) is 7.59. The molecule has 1 aromatic carbocycles. The van der Waals surface area contributed by atoms with Crippen molar-refractivity contribution in [3.63, 3.8) is 0 Å². The normalized spacial score (nSPS) is 18.2. The Hall–Kier alpha value is -2.40. The summed E-state index contributed by atoms with van der Waals surface area (Å²) < 4.78 is 0. The van der Waals surface area contributed by atoms with Crippen LogP contribution in [0, 0.1) is 6.92 Å². The van der Waals surface area contributed by atoms with Crippen LogP contribution in [0.25, 0.3) is 0 Å². The summed E-state index contributed by atoms with van der Waals surface area (Å²) in [7, 11) is 0. The van der Waals surface area contributed by atoms with Crippen molar-refractivity contribution in [3.05, 3.63) is 59.4 Å². The second kappa shape index (κ2) is 8.09. The first-order valence-corrected chi connectivity index (χ1v) is 9.98. The van der Waals surface area contributed by atoms with Crippen LogP contribution in [-0.4, -0.2) is 52.9 Å². The number of rotatable bonds is 5. The van der Waals surface area contributed by atoms with Gasteiger partial charge in [0.1, 0.15) is 0 Å². The predicted molar refractivity (Wildman–Crippen MR) is 108 cm³/mol. The number of hydrogen-bond acceptors (Lipinski definition) is 4. The number of benzene rings is 1. The van der Waals surface area contributed by atoms with Gasteiger partial charge in [-0.15, -0.1) is 0 Å². The Kier molecular flexibility index (Phi) is 5.39. The molecule has 0 unspecified atom stereocenters. The van der Waals surface area contributed by atoms with Gasteiger partial charge in [-0.3, -0.25) is 14.7 Å². The summed E-state index contributed by atoms with van der Waals surface area (Å²) in [5.74, 6) is 0.158. The number of aromatic nitrogens is 1. The van der Waals surface area contributed by atoms with Crippen molar-refractivity contribution in [1.82, 2.24) is 14.8 Å². The van der Waals surface area contributed by atoms with Crippen molar-refractivity contribution < 1.29 is 4.79 Å². The molecule has 0 aliphatic carbocycles. The Balaban J connectivity index is 1.38. The van der Waals surface area contributed by atoms with Crippen molar-refractivity contribution in [3.8, 4) is 0 Å². The van der Waals surface area contributed by atoms with Crippen LogP contribution in [0.4, 0.5) is 5.69 Å². The van der Waals surface area contributed by atoms with E-state index in [1.807, 2.05) is 48.4 Å². The van der Waals surface area contributed by atoms with Gasteiger partial charge in [-0.25, -0.2) is 0 Å². The molecule has 2 saturated heterocycles. The van der Waals surface area contributed by atoms with Crippen LogP contribution in [0.15, 0.2) is 42.7 Å². The van der Waals surface area contributed by atoms with Gasteiger partial charge in [-0.2, -0.15) is 0 Å². The first-order valence-electron chi connectivity index (χ1n) is 9.98. The highest BCUT2D eigenvalue weighted by Gasteiger charge is 2.35. The lowest BCUT2D eigenvalue weighted by Crippen LogP contribution is -2.61. The van der Waals surface area contributed by atoms with Gasteiger partial charge in [0, 0.05) is 49.3 Å². The molecule has 27 heavy (non-hydrogen) atoms. The fraction of sp³-hybridized carbons (Fsp3) is 0.455. The van der Waals surface area contributed by atoms with Gasteiger partial charge < -0.3 is 10.2 Å². The minimum absolute atomic E-state index is 0.158. The minimum atomic E-state index is 0.158. The van der Waals surface area contributed by atoms with Gasteiger partial charge in [0.25, 0.3) is 5.91 Å². The average Bonchev–Trinajstić information content (AvgIpc) is 2.67. The molecule has 0 spiro atoms. The molecule has 2 aromatic rings. The number of nitrogens with one attached hydrogen (secondary N) is 1. The van der Waals surface area contributed by atoms with Crippen molar-refractivity contribution in [1.29, 1.82) is 0 Å². The number of likely N-dealkylation sites (tertiary alicyclic amines) is 2. The Bertz CT molecular complexity index is 780. The molecule has 0 saturated carbocycles. The predicted octanol–water partition coefficient (Wildman–Crippen LogP) is 3.31. The number of anilines is 1. The summed E-state index contributed by atoms with van der Waals surface area (Å²) in [6.45, 7) is 6.85. The molecule has 4 rings (SSSR count). The third-order valence-corrected chi connectivity index (χ3v) is 5.83. The van der Waals surface area contributed by atoms with Crippen LogP contribution < -0.4 is 5.32 Å². The number of carbonyl (C=O) groups excluding carboxylic acids is 1. The second-order valence-corrected chi connectivity index (χ2v) is 7.65. The lowest BCUT2D eigenvalue weighted by molar-refractivity contribution is 0.0203. The standard InChI is InChI=1S/C22H28N4O/c1-17-20(8-5-9-21(17)24-14-18-7-6-10-23-13-18)22(27)26-15-19(16-26)25-11-3-2-4-12-25/h5-10,13,19,24H,2-4,11-12,14-16H2,1H3. The van der Waals surface area contributed by atoms with Gasteiger partial charge in [-0.1, -0.05) is 18.6 Å². The fourth-order valence-corrected chi connectivity index (χ4v) is 4.06. The number of hydrogen-bond donors (Lipinski definition) is 1. The van der Waals surface area contributed by atoms with E-state index in [9.17, 15) is 4.79 Å². The van der Waals surface area contributed by atoms with Crippen LogP contribution in [0.2, 0.25) is 0 Å². The maximum Gasteiger partial charge on any atom is 0.254 e. The summed E-state index contributed by atoms with van der Waals surface area (Å²) in [4.78, 5) is 21.7. The molecule has 142 valence electrons. The number of pyridine rings is 1. The maximum atomic E-state index is 13.0. The summed E-state index contributed by atoms with van der Waals surface area (Å²) in [5, 5.41) is 3.44. The van der Waals surface area contributed by atoms with Crippen LogP contribution >= 0.6 is 0 Å². The van der Waals surface area contributed by atoms with Crippen molar-refractivity contribution >= 4 is 11.6 Å². The number of carbonyl (C=O) groups is 1. The molecule has 5 heteroatoms. The number of piperidine rings is 1. The molecular formula is C22H28N4O. The second-order valence-electron chi connectivity index (χ2n) is 7.65. The van der Waals surface area contributed by atoms with E-state index in [2.05, 4.69) is 15.2 Å². The quantitative estimate of drug-likeness (QED) is 0.884. The number of amides is 1. The van der Waals surface area contributed by atoms with E-state index in [1.165, 1.54) is 32.4 Å². The van der Waals surface area contributed by atoms with Gasteiger partial charge >= 0.3 is 0 Å². The molecular weight excluding hydrogens is 336 g/mol. The van der Waals surface area contributed by atoms with Crippen LogP contribution in [-0.2, 0) is 6.54 Å². The van der Waals surface area contributed by atoms with Crippen LogP contribution in [0.3, 0.4) is 0 Å². The minimum Gasteiger partial charge on any atom is -0.381 e. The molecule has 0 bridgehead atoms. The molecule has 1 aromatic heterocycles. The molecule has 2 fully saturated rings. The summed E-state index contributed by atoms with van der Waals surface area (Å²) >= 11 is 0. The Morgan fingerprint density at radius 2 is 1.96 bits per heavy atom. The average molecular weight is 364 g/mol. The van der Waals surface area contributed by atoms with Crippen LogP contribution in [0.1, 0.15) is 40.7 Å². The van der Waals surface area contributed by atoms with Crippen molar-refractivity contribution in [2.45, 2.75) is 38.8 Å². The zero-order valence-electron chi connectivity index (χ0n) is 16.0. The van der Waals surface area contributed by atoms with E-state index in [0.29, 0.717) is 12.6 Å². The molecule has 1 N–H and O–H groups in total. The van der Waals surface area contributed by atoms with Gasteiger partial charge in [-0.05, 0) is 62.2 Å². The Labute approximate surface area is 161 Å². The highest BCUT2D eigenvalue weighted by atomic mass is 16.2. The first-order chi connectivity index (χ1) is 13.2. The van der Waals surface area contributed by atoms with Gasteiger partial charge in [0.15, 0.2) is 0 Å². The van der Waals surface area contributed by atoms with E-state index >= 15 is 0 Å². The Morgan fingerprint density at radius 1 is 1.15 bits per heavy atom. The third kappa shape index (κ3) is 3.98. The van der Waals surface area contributed by atoms with Gasteiger partial charge in [0.05, 0.1) is 0 Å². The molecule has 2 aliphatic rings. The summed E-state index contributed by atoms with van der Waals surface area (Å²) in [5.41, 5.74) is 3.97. The monoisotopic (exact) mass is 364 g/mol. The molecule has 0 atom stereocenters. The molecule has 5 nitrogen and oxygen atoms in total. The van der Waals surface area contributed by atoms with Crippen LogP contribution in [0.5, 0.6) is 0 Å². The van der Waals surface area contributed by atoms with E-state index in [4.69, 9.17) is 0 Å². The van der Waals surface area contributed by atoms with Crippen molar-refractivity contribution in [2.75, 3.05) is 31.5 Å². The van der Waals surface area contributed by atoms with E-state index in [1.54, 1.807) is 6.20 Å². The SMILES string of the molecule is Cc1c(NCc2cccnc2)cccc1C(=O)N1CC(N2CCCCC2)C1. The largest absolute Gasteiger partial charge is 0.381 e. The van der Waals surface area contributed by atoms with E-state index in [0.717, 1.165) is 35.5 Å². The molecule has 1 amide bonds. The molecule has 0 radical (unpaired) electrons. The third-order valence-electron chi connectivity index (χ3n) is 5.83. The van der Waals surface area contributed by atoms with E-state index < -0.39 is 0 Å². The number of nitrogens with zero attached hydrogens (tertiary/aromatic N) is 3. The maximum absolute atomic E-state index is 13.0. The topological polar surface area (TPSA) is 48.5 Å². The fourth-order valence-electron chi connectivity index (χ4n) is 4.06. The zero-order chi connectivity index (χ0) is 18.6. The van der Waals surface area contributed by atoms with Gasteiger partial charge in [0.2, 0.25) is 0 Å². The highest BCUT2D eigenvalue weighted by molar-refractivity contribution is 5.97. The smallest absolute Gasteiger partial charge is 0.254 e. The zero-order valence-corrected chi connectivity index (χ0v) is 16.0. The highest BCUT2D eigenvalue weighted by Crippen LogP contribution is 2.25. The Morgan fingerprint density at radius 3 is 2.70 bits per heavy atom. The summed E-state index contributed by atoms with van der Waals surface area (Å²) in [6, 6.07) is 10.5. The van der Waals surface area contributed by atoms with Crippen molar-refractivity contribution in [2.24, 2.45) is 0 Å². The first kappa shape index (κ1) is 18.0. The lowest BCUT2D eigenvalue weighted by atomic mass is 9.99. The lowest BCUT2D eigenvalue weighted by Gasteiger charge is -2.46.